The number of nitrogens with zero attached hydrogens (tertiary/aromatic N) is 3. The van der Waals surface area contributed by atoms with Gasteiger partial charge in [-0.2, -0.15) is 5.10 Å². The zero-order valence-electron chi connectivity index (χ0n) is 16.5. The average Bonchev–Trinajstić information content (AvgIpc) is 3.47. The standard InChI is InChI=1S/C22H25ClN4O2/c1-16-20(21(23)27(25-16)15-17-8-3-2-4-9-17)22(28)24-14-18(19-10-7-13-29-19)26-11-5-6-12-26/h2-4,7-10,13,18H,5-6,11-12,14-15H2,1H3,(H,24,28)/t18-/m0/s1. The highest BCUT2D eigenvalue weighted by atomic mass is 35.5. The molecule has 0 spiro atoms. The number of nitrogens with one attached hydrogen (secondary N) is 1. The fraction of sp³-hybridized carbons (Fsp3) is 0.364. The predicted octanol–water partition coefficient (Wildman–Crippen LogP) is 4.05. The van der Waals surface area contributed by atoms with Crippen molar-refractivity contribution in [3.63, 3.8) is 0 Å². The van der Waals surface area contributed by atoms with E-state index >= 15 is 0 Å². The Morgan fingerprint density at radius 1 is 1.21 bits per heavy atom. The molecule has 4 rings (SSSR count). The van der Waals surface area contributed by atoms with E-state index in [2.05, 4.69) is 15.3 Å². The number of aryl methyl sites for hydroxylation is 1. The maximum Gasteiger partial charge on any atom is 0.256 e. The Hall–Kier alpha value is -2.57. The molecule has 2 aromatic heterocycles. The molecule has 152 valence electrons. The second-order valence-electron chi connectivity index (χ2n) is 7.38. The van der Waals surface area contributed by atoms with Gasteiger partial charge in [0.05, 0.1) is 30.1 Å². The molecule has 1 fully saturated rings. The van der Waals surface area contributed by atoms with Crippen LogP contribution in [0.4, 0.5) is 0 Å². The number of hydrogen-bond donors (Lipinski definition) is 1. The Morgan fingerprint density at radius 2 is 1.97 bits per heavy atom. The molecule has 6 nitrogen and oxygen atoms in total. The summed E-state index contributed by atoms with van der Waals surface area (Å²) in [5, 5.41) is 7.88. The number of hydrogen-bond acceptors (Lipinski definition) is 4. The van der Waals surface area contributed by atoms with Gasteiger partial charge in [-0.25, -0.2) is 4.68 Å². The molecule has 1 aliphatic rings. The van der Waals surface area contributed by atoms with Crippen LogP contribution in [0, 0.1) is 6.92 Å². The van der Waals surface area contributed by atoms with Crippen molar-refractivity contribution in [1.29, 1.82) is 0 Å². The lowest BCUT2D eigenvalue weighted by Gasteiger charge is -2.26. The molecule has 1 atom stereocenters. The maximum atomic E-state index is 12.9. The van der Waals surface area contributed by atoms with E-state index in [0.29, 0.717) is 29.5 Å². The minimum Gasteiger partial charge on any atom is -0.468 e. The molecule has 3 aromatic rings. The van der Waals surface area contributed by atoms with Crippen molar-refractivity contribution >= 4 is 17.5 Å². The number of carbonyl (C=O) groups is 1. The molecule has 0 saturated carbocycles. The molecule has 3 heterocycles. The van der Waals surface area contributed by atoms with Crippen molar-refractivity contribution in [2.75, 3.05) is 19.6 Å². The number of furan rings is 1. The topological polar surface area (TPSA) is 63.3 Å². The van der Waals surface area contributed by atoms with E-state index in [1.54, 1.807) is 10.9 Å². The predicted molar refractivity (Wildman–Crippen MR) is 112 cm³/mol. The number of benzene rings is 1. The normalized spacial score (nSPS) is 15.5. The molecule has 29 heavy (non-hydrogen) atoms. The lowest BCUT2D eigenvalue weighted by Crippen LogP contribution is -2.36. The third kappa shape index (κ3) is 4.38. The summed E-state index contributed by atoms with van der Waals surface area (Å²) in [6.07, 6.45) is 4.01. The third-order valence-corrected chi connectivity index (χ3v) is 5.76. The van der Waals surface area contributed by atoms with Crippen molar-refractivity contribution in [2.24, 2.45) is 0 Å². The lowest BCUT2D eigenvalue weighted by atomic mass is 10.1. The summed E-state index contributed by atoms with van der Waals surface area (Å²) in [4.78, 5) is 15.3. The van der Waals surface area contributed by atoms with Crippen LogP contribution in [0.25, 0.3) is 0 Å². The first-order valence-corrected chi connectivity index (χ1v) is 10.3. The van der Waals surface area contributed by atoms with Gasteiger partial charge in [0, 0.05) is 6.54 Å². The van der Waals surface area contributed by atoms with Gasteiger partial charge in [-0.05, 0) is 50.6 Å². The van der Waals surface area contributed by atoms with Crippen LogP contribution in [-0.2, 0) is 6.54 Å². The largest absolute Gasteiger partial charge is 0.468 e. The van der Waals surface area contributed by atoms with Gasteiger partial charge in [0.2, 0.25) is 0 Å². The Bertz CT molecular complexity index is 947. The second kappa shape index (κ2) is 8.84. The Balaban J connectivity index is 1.48. The van der Waals surface area contributed by atoms with Gasteiger partial charge in [0.25, 0.3) is 5.91 Å². The number of aromatic nitrogens is 2. The maximum absolute atomic E-state index is 12.9. The molecular weight excluding hydrogens is 388 g/mol. The van der Waals surface area contributed by atoms with Gasteiger partial charge in [0.1, 0.15) is 10.9 Å². The fourth-order valence-corrected chi connectivity index (χ4v) is 4.21. The highest BCUT2D eigenvalue weighted by Gasteiger charge is 2.27. The number of amides is 1. The van der Waals surface area contributed by atoms with Crippen molar-refractivity contribution in [3.8, 4) is 0 Å². The Morgan fingerprint density at radius 3 is 2.66 bits per heavy atom. The number of likely N-dealkylation sites (tertiary alicyclic amines) is 1. The third-order valence-electron chi connectivity index (χ3n) is 5.38. The molecule has 7 heteroatoms. The molecule has 0 bridgehead atoms. The van der Waals surface area contributed by atoms with Crippen LogP contribution in [0.2, 0.25) is 5.15 Å². The quantitative estimate of drug-likeness (QED) is 0.635. The SMILES string of the molecule is Cc1nn(Cc2ccccc2)c(Cl)c1C(=O)NC[C@@H](c1ccco1)N1CCCC1. The van der Waals surface area contributed by atoms with Crippen LogP contribution in [0.1, 0.15) is 46.3 Å². The highest BCUT2D eigenvalue weighted by Crippen LogP contribution is 2.26. The van der Waals surface area contributed by atoms with Crippen LogP contribution < -0.4 is 5.32 Å². The van der Waals surface area contributed by atoms with Crippen LogP contribution in [0.3, 0.4) is 0 Å². The van der Waals surface area contributed by atoms with E-state index in [-0.39, 0.29) is 11.9 Å². The van der Waals surface area contributed by atoms with Gasteiger partial charge in [-0.1, -0.05) is 41.9 Å². The molecule has 1 N–H and O–H groups in total. The zero-order chi connectivity index (χ0) is 20.2. The first-order chi connectivity index (χ1) is 14.1. The van der Waals surface area contributed by atoms with Crippen LogP contribution in [0.15, 0.2) is 53.1 Å². The van der Waals surface area contributed by atoms with Gasteiger partial charge < -0.3 is 9.73 Å². The van der Waals surface area contributed by atoms with E-state index in [1.165, 1.54) is 12.8 Å². The second-order valence-corrected chi connectivity index (χ2v) is 7.74. The lowest BCUT2D eigenvalue weighted by molar-refractivity contribution is 0.0933. The number of carbonyl (C=O) groups excluding carboxylic acids is 1. The molecule has 1 amide bonds. The minimum atomic E-state index is -0.206. The summed E-state index contributed by atoms with van der Waals surface area (Å²) in [5.74, 6) is 0.664. The molecule has 0 aliphatic carbocycles. The fourth-order valence-electron chi connectivity index (χ4n) is 3.89. The first kappa shape index (κ1) is 19.7. The average molecular weight is 413 g/mol. The van der Waals surface area contributed by atoms with Crippen molar-refractivity contribution < 1.29 is 9.21 Å². The highest BCUT2D eigenvalue weighted by molar-refractivity contribution is 6.33. The van der Waals surface area contributed by atoms with E-state index < -0.39 is 0 Å². The summed E-state index contributed by atoms with van der Waals surface area (Å²) < 4.78 is 7.30. The van der Waals surface area contributed by atoms with Gasteiger partial charge >= 0.3 is 0 Å². The summed E-state index contributed by atoms with van der Waals surface area (Å²) in [7, 11) is 0. The Labute approximate surface area is 175 Å². The first-order valence-electron chi connectivity index (χ1n) is 9.96. The monoisotopic (exact) mass is 412 g/mol. The van der Waals surface area contributed by atoms with Crippen molar-refractivity contribution in [2.45, 2.75) is 32.4 Å². The van der Waals surface area contributed by atoms with E-state index in [4.69, 9.17) is 16.0 Å². The molecule has 0 unspecified atom stereocenters. The van der Waals surface area contributed by atoms with Crippen LogP contribution in [0.5, 0.6) is 0 Å². The van der Waals surface area contributed by atoms with Crippen molar-refractivity contribution in [3.05, 3.63) is 76.5 Å². The smallest absolute Gasteiger partial charge is 0.256 e. The van der Waals surface area contributed by atoms with E-state index in [9.17, 15) is 4.79 Å². The van der Waals surface area contributed by atoms with Crippen LogP contribution in [-0.4, -0.2) is 40.2 Å². The molecule has 1 saturated heterocycles. The summed E-state index contributed by atoms with van der Waals surface area (Å²) in [6.45, 7) is 4.82. The van der Waals surface area contributed by atoms with Gasteiger partial charge in [-0.3, -0.25) is 9.69 Å². The molecule has 0 radical (unpaired) electrons. The number of rotatable bonds is 7. The molecule has 1 aliphatic heterocycles. The summed E-state index contributed by atoms with van der Waals surface area (Å²) >= 11 is 6.53. The van der Waals surface area contributed by atoms with Crippen LogP contribution >= 0.6 is 11.6 Å². The minimum absolute atomic E-state index is 0.0231. The van der Waals surface area contributed by atoms with Gasteiger partial charge in [-0.15, -0.1) is 0 Å². The van der Waals surface area contributed by atoms with E-state index in [1.807, 2.05) is 49.4 Å². The number of halogens is 1. The molecule has 1 aromatic carbocycles. The zero-order valence-corrected chi connectivity index (χ0v) is 17.2. The summed E-state index contributed by atoms with van der Waals surface area (Å²) in [6, 6.07) is 13.8. The molecular formula is C22H25ClN4O2. The summed E-state index contributed by atoms with van der Waals surface area (Å²) in [5.41, 5.74) is 2.14. The Kier molecular flexibility index (Phi) is 6.02. The van der Waals surface area contributed by atoms with E-state index in [0.717, 1.165) is 24.4 Å². The van der Waals surface area contributed by atoms with Crippen molar-refractivity contribution in [1.82, 2.24) is 20.0 Å². The van der Waals surface area contributed by atoms with Gasteiger partial charge in [0.15, 0.2) is 0 Å².